The third-order valence-electron chi connectivity index (χ3n) is 6.27. The molecule has 0 aliphatic carbocycles. The standard InChI is InChI=1S/C24H26ClN4O/c1-16(2)28-14-20(19-8-7-17(25)13-23(19)28)24(30)27-11-9-18(10-12-27)29-15-26-21-5-3-4-6-22(21)29/h3-8,13-16,18,26H,9-12H2,1-2H3. The van der Waals surface area contributed by atoms with Crippen molar-refractivity contribution in [1.29, 1.82) is 0 Å². The van der Waals surface area contributed by atoms with Crippen LogP contribution in [0.2, 0.25) is 5.02 Å². The quantitative estimate of drug-likeness (QED) is 0.604. The topological polar surface area (TPSA) is 40.5 Å². The molecule has 30 heavy (non-hydrogen) atoms. The van der Waals surface area contributed by atoms with Gasteiger partial charge < -0.3 is 19.7 Å². The molecule has 1 fully saturated rings. The van der Waals surface area contributed by atoms with Gasteiger partial charge in [0, 0.05) is 41.8 Å². The largest absolute Gasteiger partial charge is 0.360 e. The zero-order chi connectivity index (χ0) is 20.8. The first-order valence-electron chi connectivity index (χ1n) is 10.6. The highest BCUT2D eigenvalue weighted by Crippen LogP contribution is 2.37. The maximum atomic E-state index is 13.4. The number of fused-ring (bicyclic) bond motifs is 2. The fraction of sp³-hybridized carbons (Fsp3) is 0.333. The zero-order valence-electron chi connectivity index (χ0n) is 17.3. The molecule has 3 heterocycles. The maximum Gasteiger partial charge on any atom is 0.256 e. The van der Waals surface area contributed by atoms with E-state index in [4.69, 9.17) is 11.6 Å². The molecule has 0 atom stereocenters. The summed E-state index contributed by atoms with van der Waals surface area (Å²) in [6, 6.07) is 14.8. The molecule has 2 aromatic carbocycles. The Kier molecular flexibility index (Phi) is 4.86. The molecule has 5 nitrogen and oxygen atoms in total. The summed E-state index contributed by atoms with van der Waals surface area (Å²) in [6.07, 6.45) is 3.90. The molecule has 2 aliphatic rings. The summed E-state index contributed by atoms with van der Waals surface area (Å²) in [5.41, 5.74) is 4.16. The third kappa shape index (κ3) is 3.21. The second-order valence-corrected chi connectivity index (χ2v) is 8.86. The molecule has 0 saturated carbocycles. The normalized spacial score (nSPS) is 16.9. The van der Waals surface area contributed by atoms with Gasteiger partial charge in [-0.3, -0.25) is 4.79 Å². The predicted octanol–water partition coefficient (Wildman–Crippen LogP) is 5.53. The predicted molar refractivity (Wildman–Crippen MR) is 123 cm³/mol. The molecule has 0 spiro atoms. The Morgan fingerprint density at radius 3 is 2.67 bits per heavy atom. The van der Waals surface area contributed by atoms with Crippen LogP contribution in [-0.4, -0.2) is 34.5 Å². The molecule has 1 N–H and O–H groups in total. The van der Waals surface area contributed by atoms with E-state index < -0.39 is 0 Å². The van der Waals surface area contributed by atoms with Crippen LogP contribution in [-0.2, 0) is 0 Å². The zero-order valence-corrected chi connectivity index (χ0v) is 18.1. The molecule has 0 bridgehead atoms. The number of aromatic nitrogens is 1. The lowest BCUT2D eigenvalue weighted by Gasteiger charge is -2.37. The average Bonchev–Trinajstić information content (AvgIpc) is 3.35. The van der Waals surface area contributed by atoms with Crippen molar-refractivity contribution in [3.8, 4) is 0 Å². The van der Waals surface area contributed by atoms with E-state index in [2.05, 4.69) is 53.5 Å². The average molecular weight is 422 g/mol. The fourth-order valence-electron chi connectivity index (χ4n) is 4.67. The summed E-state index contributed by atoms with van der Waals surface area (Å²) in [4.78, 5) is 17.7. The first kappa shape index (κ1) is 19.3. The van der Waals surface area contributed by atoms with Crippen LogP contribution in [0.5, 0.6) is 0 Å². The summed E-state index contributed by atoms with van der Waals surface area (Å²) in [7, 11) is 0. The first-order valence-corrected chi connectivity index (χ1v) is 11.0. The van der Waals surface area contributed by atoms with Crippen LogP contribution in [0.15, 0.2) is 48.7 Å². The van der Waals surface area contributed by atoms with Crippen molar-refractivity contribution in [3.05, 3.63) is 65.9 Å². The molecule has 2 aliphatic heterocycles. The molecule has 155 valence electrons. The molecule has 6 heteroatoms. The minimum Gasteiger partial charge on any atom is -0.360 e. The van der Waals surface area contributed by atoms with Crippen LogP contribution in [0, 0.1) is 6.67 Å². The van der Waals surface area contributed by atoms with E-state index in [-0.39, 0.29) is 11.9 Å². The number of halogens is 1. The lowest BCUT2D eigenvalue weighted by molar-refractivity contribution is 0.0715. The Labute approximate surface area is 182 Å². The number of carbonyl (C=O) groups is 1. The second-order valence-electron chi connectivity index (χ2n) is 8.43. The highest BCUT2D eigenvalue weighted by molar-refractivity contribution is 6.31. The van der Waals surface area contributed by atoms with Crippen LogP contribution >= 0.6 is 11.6 Å². The molecule has 1 radical (unpaired) electrons. The number of benzene rings is 2. The molecule has 1 amide bonds. The Hall–Kier alpha value is -2.66. The van der Waals surface area contributed by atoms with Crippen LogP contribution in [0.1, 0.15) is 43.1 Å². The van der Waals surface area contributed by atoms with Crippen molar-refractivity contribution in [1.82, 2.24) is 9.47 Å². The number of rotatable bonds is 3. The lowest BCUT2D eigenvalue weighted by Crippen LogP contribution is -2.45. The van der Waals surface area contributed by atoms with Gasteiger partial charge >= 0.3 is 0 Å². The molecule has 0 unspecified atom stereocenters. The van der Waals surface area contributed by atoms with Gasteiger partial charge in [0.05, 0.1) is 22.5 Å². The van der Waals surface area contributed by atoms with E-state index >= 15 is 0 Å². The maximum absolute atomic E-state index is 13.4. The molecule has 3 aromatic rings. The van der Waals surface area contributed by atoms with Crippen molar-refractivity contribution in [2.75, 3.05) is 23.3 Å². The van der Waals surface area contributed by atoms with Gasteiger partial charge in [0.2, 0.25) is 0 Å². The van der Waals surface area contributed by atoms with Gasteiger partial charge in [-0.2, -0.15) is 0 Å². The van der Waals surface area contributed by atoms with E-state index in [1.807, 2.05) is 35.4 Å². The molecule has 5 rings (SSSR count). The Balaban J connectivity index is 1.34. The number of amides is 1. The van der Waals surface area contributed by atoms with E-state index in [0.29, 0.717) is 11.1 Å². The van der Waals surface area contributed by atoms with Crippen LogP contribution in [0.3, 0.4) is 0 Å². The molecule has 1 saturated heterocycles. The SMILES string of the molecule is CC(C)n1cc(C(=O)N2CCC(N3[CH]Nc4ccccc43)CC2)c2ccc(Cl)cc21. The van der Waals surface area contributed by atoms with E-state index in [1.165, 1.54) is 5.69 Å². The fourth-order valence-corrected chi connectivity index (χ4v) is 4.84. The number of anilines is 2. The highest BCUT2D eigenvalue weighted by atomic mass is 35.5. The number of piperidine rings is 1. The van der Waals surface area contributed by atoms with Gasteiger partial charge in [-0.15, -0.1) is 0 Å². The van der Waals surface area contributed by atoms with Gasteiger partial charge in [-0.25, -0.2) is 0 Å². The number of para-hydroxylation sites is 2. The van der Waals surface area contributed by atoms with Crippen LogP contribution in [0.25, 0.3) is 10.9 Å². The van der Waals surface area contributed by atoms with Gasteiger partial charge in [0.15, 0.2) is 0 Å². The summed E-state index contributed by atoms with van der Waals surface area (Å²) in [5.74, 6) is 0.115. The summed E-state index contributed by atoms with van der Waals surface area (Å²) in [6.45, 7) is 7.83. The smallest absolute Gasteiger partial charge is 0.256 e. The van der Waals surface area contributed by atoms with Crippen molar-refractivity contribution in [2.24, 2.45) is 0 Å². The first-order chi connectivity index (χ1) is 14.5. The van der Waals surface area contributed by atoms with E-state index in [1.54, 1.807) is 0 Å². The summed E-state index contributed by atoms with van der Waals surface area (Å²) in [5, 5.41) is 5.02. The Morgan fingerprint density at radius 1 is 1.13 bits per heavy atom. The van der Waals surface area contributed by atoms with Crippen LogP contribution in [0.4, 0.5) is 11.4 Å². The van der Waals surface area contributed by atoms with Gasteiger partial charge in [-0.1, -0.05) is 29.8 Å². The second kappa shape index (κ2) is 7.55. The number of carbonyl (C=O) groups excluding carboxylic acids is 1. The van der Waals surface area contributed by atoms with Crippen molar-refractivity contribution in [2.45, 2.75) is 38.8 Å². The number of nitrogens with one attached hydrogen (secondary N) is 1. The highest BCUT2D eigenvalue weighted by Gasteiger charge is 2.32. The number of likely N-dealkylation sites (tertiary alicyclic amines) is 1. The van der Waals surface area contributed by atoms with Crippen LogP contribution < -0.4 is 10.2 Å². The van der Waals surface area contributed by atoms with E-state index in [0.717, 1.165) is 48.1 Å². The minimum absolute atomic E-state index is 0.115. The third-order valence-corrected chi connectivity index (χ3v) is 6.50. The summed E-state index contributed by atoms with van der Waals surface area (Å²) >= 11 is 6.23. The number of hydrogen-bond donors (Lipinski definition) is 1. The summed E-state index contributed by atoms with van der Waals surface area (Å²) < 4.78 is 2.14. The monoisotopic (exact) mass is 421 g/mol. The lowest BCUT2D eigenvalue weighted by atomic mass is 10.0. The van der Waals surface area contributed by atoms with Crippen molar-refractivity contribution >= 4 is 39.8 Å². The molecular formula is C24H26ClN4O. The molecular weight excluding hydrogens is 396 g/mol. The molecule has 1 aromatic heterocycles. The number of nitrogens with zero attached hydrogens (tertiary/aromatic N) is 3. The van der Waals surface area contributed by atoms with E-state index in [9.17, 15) is 4.79 Å². The van der Waals surface area contributed by atoms with Gasteiger partial charge in [0.1, 0.15) is 6.67 Å². The van der Waals surface area contributed by atoms with Crippen molar-refractivity contribution < 1.29 is 4.79 Å². The number of hydrogen-bond acceptors (Lipinski definition) is 3. The van der Waals surface area contributed by atoms with Gasteiger partial charge in [-0.05, 0) is 51.0 Å². The Bertz CT molecular complexity index is 1100. The Morgan fingerprint density at radius 2 is 1.90 bits per heavy atom. The van der Waals surface area contributed by atoms with Gasteiger partial charge in [0.25, 0.3) is 5.91 Å². The minimum atomic E-state index is 0.115. The van der Waals surface area contributed by atoms with Crippen molar-refractivity contribution in [3.63, 3.8) is 0 Å².